The number of hydrogen-bond donors (Lipinski definition) is 0. The number of pyridine rings is 1. The van der Waals surface area contributed by atoms with E-state index in [4.69, 9.17) is 9.47 Å². The molecule has 6 heteroatoms. The Morgan fingerprint density at radius 1 is 1.30 bits per heavy atom. The minimum atomic E-state index is 0.610. The molecule has 0 aliphatic rings. The molecule has 0 radical (unpaired) electrons. The molecule has 2 aromatic heterocycles. The Hall–Kier alpha value is -1.95. The van der Waals surface area contributed by atoms with Gasteiger partial charge in [0.25, 0.3) is 0 Å². The van der Waals surface area contributed by atoms with Gasteiger partial charge in [-0.2, -0.15) is 5.10 Å². The molecule has 108 valence electrons. The number of hydrogen-bond acceptors (Lipinski definition) is 5. The summed E-state index contributed by atoms with van der Waals surface area (Å²) in [6, 6.07) is 1.96. The first-order chi connectivity index (χ1) is 9.65. The Morgan fingerprint density at radius 2 is 2.10 bits per heavy atom. The number of aromatic nitrogens is 4. The summed E-state index contributed by atoms with van der Waals surface area (Å²) in [5, 5.41) is 4.41. The van der Waals surface area contributed by atoms with Crippen molar-refractivity contribution in [1.29, 1.82) is 0 Å². The average molecular weight is 276 g/mol. The van der Waals surface area contributed by atoms with Crippen molar-refractivity contribution in [2.75, 3.05) is 20.3 Å². The summed E-state index contributed by atoms with van der Waals surface area (Å²) in [6.07, 6.45) is 1.71. The van der Waals surface area contributed by atoms with E-state index < -0.39 is 0 Å². The molecule has 0 unspecified atom stereocenters. The van der Waals surface area contributed by atoms with Crippen LogP contribution in [0.25, 0.3) is 11.4 Å². The fourth-order valence-corrected chi connectivity index (χ4v) is 1.99. The molecule has 0 fully saturated rings. The Morgan fingerprint density at radius 3 is 2.80 bits per heavy atom. The van der Waals surface area contributed by atoms with Crippen LogP contribution < -0.4 is 4.74 Å². The van der Waals surface area contributed by atoms with Gasteiger partial charge >= 0.3 is 0 Å². The van der Waals surface area contributed by atoms with Gasteiger partial charge in [0.15, 0.2) is 5.82 Å². The Labute approximate surface area is 118 Å². The van der Waals surface area contributed by atoms with Crippen LogP contribution in [-0.2, 0) is 11.3 Å². The summed E-state index contributed by atoms with van der Waals surface area (Å²) >= 11 is 0. The molecule has 0 aromatic carbocycles. The van der Waals surface area contributed by atoms with E-state index in [2.05, 4.69) is 15.1 Å². The first-order valence-corrected chi connectivity index (χ1v) is 6.66. The fraction of sp³-hybridized carbons (Fsp3) is 0.500. The SMILES string of the molecule is CCOCCn1nc(C)nc1-c1cc(C)ncc1OC. The highest BCUT2D eigenvalue weighted by Gasteiger charge is 2.15. The van der Waals surface area contributed by atoms with Gasteiger partial charge in [-0.1, -0.05) is 0 Å². The van der Waals surface area contributed by atoms with Crippen molar-refractivity contribution in [2.45, 2.75) is 27.3 Å². The lowest BCUT2D eigenvalue weighted by atomic mass is 10.2. The van der Waals surface area contributed by atoms with Crippen LogP contribution in [0.5, 0.6) is 5.75 Å². The zero-order valence-electron chi connectivity index (χ0n) is 12.4. The van der Waals surface area contributed by atoms with Gasteiger partial charge in [-0.05, 0) is 26.8 Å². The van der Waals surface area contributed by atoms with Gasteiger partial charge in [-0.3, -0.25) is 4.98 Å². The predicted octanol–water partition coefficient (Wildman–Crippen LogP) is 2.00. The third-order valence-electron chi connectivity index (χ3n) is 2.89. The van der Waals surface area contributed by atoms with Gasteiger partial charge in [-0.25, -0.2) is 9.67 Å². The molecule has 0 bridgehead atoms. The highest BCUT2D eigenvalue weighted by Crippen LogP contribution is 2.28. The lowest BCUT2D eigenvalue weighted by Crippen LogP contribution is -2.09. The van der Waals surface area contributed by atoms with Crippen molar-refractivity contribution in [2.24, 2.45) is 0 Å². The molecular formula is C14H20N4O2. The summed E-state index contributed by atoms with van der Waals surface area (Å²) in [5.41, 5.74) is 1.81. The molecule has 2 heterocycles. The topological polar surface area (TPSA) is 62.1 Å². The van der Waals surface area contributed by atoms with Crippen molar-refractivity contribution in [3.8, 4) is 17.1 Å². The van der Waals surface area contributed by atoms with Crippen LogP contribution in [0.4, 0.5) is 0 Å². The van der Waals surface area contributed by atoms with Gasteiger partial charge < -0.3 is 9.47 Å². The second-order valence-corrected chi connectivity index (χ2v) is 4.43. The third kappa shape index (κ3) is 3.14. The average Bonchev–Trinajstić information content (AvgIpc) is 2.80. The highest BCUT2D eigenvalue weighted by atomic mass is 16.5. The van der Waals surface area contributed by atoms with E-state index in [0.717, 1.165) is 22.9 Å². The molecule has 2 rings (SSSR count). The molecule has 6 nitrogen and oxygen atoms in total. The van der Waals surface area contributed by atoms with E-state index in [9.17, 15) is 0 Å². The second kappa shape index (κ2) is 6.47. The van der Waals surface area contributed by atoms with Gasteiger partial charge in [0.1, 0.15) is 11.6 Å². The number of ether oxygens (including phenoxy) is 2. The van der Waals surface area contributed by atoms with Crippen LogP contribution in [0.3, 0.4) is 0 Å². The van der Waals surface area contributed by atoms with E-state index in [-0.39, 0.29) is 0 Å². The van der Waals surface area contributed by atoms with Gasteiger partial charge in [0.2, 0.25) is 0 Å². The Bertz CT molecular complexity index is 581. The smallest absolute Gasteiger partial charge is 0.162 e. The van der Waals surface area contributed by atoms with Crippen LogP contribution in [-0.4, -0.2) is 40.1 Å². The zero-order valence-corrected chi connectivity index (χ0v) is 12.4. The van der Waals surface area contributed by atoms with E-state index in [1.165, 1.54) is 0 Å². The monoisotopic (exact) mass is 276 g/mol. The molecule has 20 heavy (non-hydrogen) atoms. The molecule has 2 aromatic rings. The maximum atomic E-state index is 5.39. The first kappa shape index (κ1) is 14.5. The quantitative estimate of drug-likeness (QED) is 0.755. The number of nitrogens with zero attached hydrogens (tertiary/aromatic N) is 4. The van der Waals surface area contributed by atoms with Crippen molar-refractivity contribution in [3.05, 3.63) is 23.8 Å². The number of aryl methyl sites for hydroxylation is 2. The highest BCUT2D eigenvalue weighted by molar-refractivity contribution is 5.64. The summed E-state index contributed by atoms with van der Waals surface area (Å²) < 4.78 is 12.6. The van der Waals surface area contributed by atoms with E-state index >= 15 is 0 Å². The second-order valence-electron chi connectivity index (χ2n) is 4.43. The standard InChI is InChI=1S/C14H20N4O2/c1-5-20-7-6-18-14(16-11(3)17-18)12-8-10(2)15-9-13(12)19-4/h8-9H,5-7H2,1-4H3. The Kier molecular flexibility index (Phi) is 4.68. The minimum absolute atomic E-state index is 0.610. The van der Waals surface area contributed by atoms with Crippen molar-refractivity contribution in [1.82, 2.24) is 19.7 Å². The van der Waals surface area contributed by atoms with Crippen molar-refractivity contribution < 1.29 is 9.47 Å². The maximum Gasteiger partial charge on any atom is 0.162 e. The van der Waals surface area contributed by atoms with Crippen LogP contribution in [0, 0.1) is 13.8 Å². The van der Waals surface area contributed by atoms with Crippen molar-refractivity contribution in [3.63, 3.8) is 0 Å². The molecule has 0 aliphatic carbocycles. The molecule has 0 N–H and O–H groups in total. The van der Waals surface area contributed by atoms with Crippen LogP contribution in [0.2, 0.25) is 0 Å². The van der Waals surface area contributed by atoms with Gasteiger partial charge in [-0.15, -0.1) is 0 Å². The van der Waals surface area contributed by atoms with Crippen LogP contribution in [0.15, 0.2) is 12.3 Å². The van der Waals surface area contributed by atoms with Gasteiger partial charge in [0.05, 0.1) is 32.0 Å². The number of rotatable bonds is 6. The lowest BCUT2D eigenvalue weighted by molar-refractivity contribution is 0.136. The normalized spacial score (nSPS) is 10.8. The first-order valence-electron chi connectivity index (χ1n) is 6.66. The summed E-state index contributed by atoms with van der Waals surface area (Å²) in [4.78, 5) is 8.74. The summed E-state index contributed by atoms with van der Waals surface area (Å²) in [7, 11) is 1.63. The molecule has 0 amide bonds. The Balaban J connectivity index is 2.38. The molecular weight excluding hydrogens is 256 g/mol. The summed E-state index contributed by atoms with van der Waals surface area (Å²) in [5.74, 6) is 2.21. The van der Waals surface area contributed by atoms with E-state index in [0.29, 0.717) is 25.5 Å². The lowest BCUT2D eigenvalue weighted by Gasteiger charge is -2.10. The van der Waals surface area contributed by atoms with Crippen molar-refractivity contribution >= 4 is 0 Å². The van der Waals surface area contributed by atoms with E-state index in [1.807, 2.05) is 31.5 Å². The minimum Gasteiger partial charge on any atom is -0.494 e. The fourth-order valence-electron chi connectivity index (χ4n) is 1.99. The molecule has 0 aliphatic heterocycles. The number of methoxy groups -OCH3 is 1. The van der Waals surface area contributed by atoms with Crippen LogP contribution in [0.1, 0.15) is 18.4 Å². The largest absolute Gasteiger partial charge is 0.494 e. The molecule has 0 saturated carbocycles. The maximum absolute atomic E-state index is 5.39. The molecule has 0 spiro atoms. The third-order valence-corrected chi connectivity index (χ3v) is 2.89. The molecule has 0 saturated heterocycles. The predicted molar refractivity (Wildman–Crippen MR) is 75.8 cm³/mol. The van der Waals surface area contributed by atoms with E-state index in [1.54, 1.807) is 13.3 Å². The molecule has 0 atom stereocenters. The summed E-state index contributed by atoms with van der Waals surface area (Å²) in [6.45, 7) is 7.76. The zero-order chi connectivity index (χ0) is 14.5. The van der Waals surface area contributed by atoms with Gasteiger partial charge in [0, 0.05) is 12.3 Å². The van der Waals surface area contributed by atoms with Crippen LogP contribution >= 0.6 is 0 Å².